The van der Waals surface area contributed by atoms with Crippen LogP contribution in [0, 0.1) is 0 Å². The average molecular weight is 307 g/mol. The molecule has 0 spiro atoms. The highest BCUT2D eigenvalue weighted by molar-refractivity contribution is 9.10. The third-order valence-corrected chi connectivity index (χ3v) is 3.71. The van der Waals surface area contributed by atoms with Crippen LogP contribution < -0.4 is 5.32 Å². The zero-order valence-electron chi connectivity index (χ0n) is 10.3. The lowest BCUT2D eigenvalue weighted by Crippen LogP contribution is -2.15. The van der Waals surface area contributed by atoms with E-state index in [-0.39, 0.29) is 0 Å². The molecule has 0 aliphatic carbocycles. The molecule has 0 fully saturated rings. The third kappa shape index (κ3) is 1.99. The van der Waals surface area contributed by atoms with Gasteiger partial charge in [0, 0.05) is 28.4 Å². The van der Waals surface area contributed by atoms with E-state index in [2.05, 4.69) is 40.3 Å². The lowest BCUT2D eigenvalue weighted by molar-refractivity contribution is 0.110. The average Bonchev–Trinajstić information content (AvgIpc) is 2.39. The summed E-state index contributed by atoms with van der Waals surface area (Å²) in [4.78, 5) is 4.76. The largest absolute Gasteiger partial charge is 0.384 e. The van der Waals surface area contributed by atoms with Crippen LogP contribution in [-0.4, -0.2) is 18.1 Å². The molecule has 1 aliphatic rings. The number of nitrogens with one attached hydrogen (secondary N) is 1. The molecule has 3 nitrogen and oxygen atoms in total. The van der Waals surface area contributed by atoms with Crippen LogP contribution >= 0.6 is 15.9 Å². The standard InChI is InChI=1S/C14H15BrN2O/c1-2-16-14-10-7-9(15)3-4-12(10)17-13-5-6-18-8-11(13)14/h3-4,7H,2,5-6,8H2,1H3,(H,16,17). The molecule has 4 heteroatoms. The number of hydrogen-bond acceptors (Lipinski definition) is 3. The summed E-state index contributed by atoms with van der Waals surface area (Å²) in [6, 6.07) is 6.22. The maximum atomic E-state index is 5.57. The minimum atomic E-state index is 0.660. The zero-order chi connectivity index (χ0) is 12.5. The number of fused-ring (bicyclic) bond motifs is 2. The van der Waals surface area contributed by atoms with Gasteiger partial charge in [-0.2, -0.15) is 0 Å². The first-order valence-electron chi connectivity index (χ1n) is 6.22. The molecule has 18 heavy (non-hydrogen) atoms. The highest BCUT2D eigenvalue weighted by atomic mass is 79.9. The maximum Gasteiger partial charge on any atom is 0.0755 e. The molecular formula is C14H15BrN2O. The Hall–Kier alpha value is -1.13. The zero-order valence-corrected chi connectivity index (χ0v) is 11.9. The van der Waals surface area contributed by atoms with Gasteiger partial charge in [-0.25, -0.2) is 0 Å². The number of nitrogens with zero attached hydrogens (tertiary/aromatic N) is 1. The van der Waals surface area contributed by atoms with Crippen LogP contribution in [0.5, 0.6) is 0 Å². The number of benzene rings is 1. The van der Waals surface area contributed by atoms with Gasteiger partial charge in [-0.3, -0.25) is 4.98 Å². The van der Waals surface area contributed by atoms with Crippen LogP contribution in [0.3, 0.4) is 0 Å². The van der Waals surface area contributed by atoms with Crippen LogP contribution in [0.25, 0.3) is 10.9 Å². The van der Waals surface area contributed by atoms with Crippen molar-refractivity contribution >= 4 is 32.5 Å². The van der Waals surface area contributed by atoms with Crippen molar-refractivity contribution < 1.29 is 4.74 Å². The minimum Gasteiger partial charge on any atom is -0.384 e. The molecular weight excluding hydrogens is 292 g/mol. The second kappa shape index (κ2) is 4.86. The summed E-state index contributed by atoms with van der Waals surface area (Å²) in [7, 11) is 0. The Morgan fingerprint density at radius 3 is 3.17 bits per heavy atom. The highest BCUT2D eigenvalue weighted by Gasteiger charge is 2.18. The van der Waals surface area contributed by atoms with Gasteiger partial charge in [-0.05, 0) is 25.1 Å². The summed E-state index contributed by atoms with van der Waals surface area (Å²) in [6.07, 6.45) is 0.903. The first-order chi connectivity index (χ1) is 8.79. The molecule has 0 unspecified atom stereocenters. The topological polar surface area (TPSA) is 34.2 Å². The molecule has 1 aromatic heterocycles. The van der Waals surface area contributed by atoms with Gasteiger partial charge >= 0.3 is 0 Å². The summed E-state index contributed by atoms with van der Waals surface area (Å²) < 4.78 is 6.65. The Kier molecular flexibility index (Phi) is 3.22. The van der Waals surface area contributed by atoms with Crippen molar-refractivity contribution in [1.29, 1.82) is 0 Å². The van der Waals surface area contributed by atoms with Gasteiger partial charge in [0.2, 0.25) is 0 Å². The summed E-state index contributed by atoms with van der Waals surface area (Å²) in [5.41, 5.74) is 4.62. The van der Waals surface area contributed by atoms with Crippen molar-refractivity contribution in [2.24, 2.45) is 0 Å². The van der Waals surface area contributed by atoms with Crippen molar-refractivity contribution in [3.63, 3.8) is 0 Å². The predicted octanol–water partition coefficient (Wildman–Crippen LogP) is 3.50. The van der Waals surface area contributed by atoms with E-state index in [0.717, 1.165) is 34.9 Å². The molecule has 1 aliphatic heterocycles. The van der Waals surface area contributed by atoms with Crippen LogP contribution in [0.2, 0.25) is 0 Å². The van der Waals surface area contributed by atoms with Gasteiger partial charge in [0.25, 0.3) is 0 Å². The minimum absolute atomic E-state index is 0.660. The van der Waals surface area contributed by atoms with E-state index < -0.39 is 0 Å². The molecule has 0 amide bonds. The van der Waals surface area contributed by atoms with Crippen LogP contribution in [-0.2, 0) is 17.8 Å². The van der Waals surface area contributed by atoms with Gasteiger partial charge in [0.1, 0.15) is 0 Å². The Labute approximate surface area is 115 Å². The Morgan fingerprint density at radius 2 is 2.33 bits per heavy atom. The summed E-state index contributed by atoms with van der Waals surface area (Å²) >= 11 is 3.53. The fourth-order valence-corrected chi connectivity index (χ4v) is 2.77. The van der Waals surface area contributed by atoms with Crippen LogP contribution in [0.15, 0.2) is 22.7 Å². The fourth-order valence-electron chi connectivity index (χ4n) is 2.41. The molecule has 94 valence electrons. The number of halogens is 1. The Bertz CT molecular complexity index is 598. The van der Waals surface area contributed by atoms with E-state index in [0.29, 0.717) is 6.61 Å². The summed E-state index contributed by atoms with van der Waals surface area (Å²) in [5, 5.41) is 4.63. The van der Waals surface area contributed by atoms with E-state index in [9.17, 15) is 0 Å². The van der Waals surface area contributed by atoms with Crippen molar-refractivity contribution in [2.45, 2.75) is 20.0 Å². The van der Waals surface area contributed by atoms with E-state index in [1.54, 1.807) is 0 Å². The number of ether oxygens (including phenoxy) is 1. The summed E-state index contributed by atoms with van der Waals surface area (Å²) in [5.74, 6) is 0. The third-order valence-electron chi connectivity index (χ3n) is 3.22. The van der Waals surface area contributed by atoms with Crippen molar-refractivity contribution in [1.82, 2.24) is 4.98 Å². The lowest BCUT2D eigenvalue weighted by Gasteiger charge is -2.21. The van der Waals surface area contributed by atoms with Crippen molar-refractivity contribution in [3.8, 4) is 0 Å². The molecule has 0 saturated heterocycles. The Balaban J connectivity index is 2.30. The number of anilines is 1. The molecule has 0 bridgehead atoms. The predicted molar refractivity (Wildman–Crippen MR) is 77.0 cm³/mol. The number of pyridine rings is 1. The highest BCUT2D eigenvalue weighted by Crippen LogP contribution is 2.32. The van der Waals surface area contributed by atoms with Gasteiger partial charge in [-0.15, -0.1) is 0 Å². The Morgan fingerprint density at radius 1 is 1.44 bits per heavy atom. The number of aromatic nitrogens is 1. The first kappa shape index (κ1) is 11.9. The van der Waals surface area contributed by atoms with Crippen LogP contribution in [0.1, 0.15) is 18.2 Å². The smallest absolute Gasteiger partial charge is 0.0755 e. The second-order valence-corrected chi connectivity index (χ2v) is 5.32. The maximum absolute atomic E-state index is 5.57. The number of rotatable bonds is 2. The molecule has 2 aromatic rings. The van der Waals surface area contributed by atoms with Crippen molar-refractivity contribution in [3.05, 3.63) is 33.9 Å². The molecule has 0 atom stereocenters. The fraction of sp³-hybridized carbons (Fsp3) is 0.357. The van der Waals surface area contributed by atoms with E-state index in [4.69, 9.17) is 9.72 Å². The molecule has 0 radical (unpaired) electrons. The van der Waals surface area contributed by atoms with Gasteiger partial charge in [0.15, 0.2) is 0 Å². The SMILES string of the molecule is CCNc1c2c(nc3ccc(Br)cc13)CCOC2. The summed E-state index contributed by atoms with van der Waals surface area (Å²) in [6.45, 7) is 4.44. The van der Waals surface area contributed by atoms with Crippen LogP contribution in [0.4, 0.5) is 5.69 Å². The van der Waals surface area contributed by atoms with Gasteiger partial charge in [0.05, 0.1) is 30.1 Å². The molecule has 2 heterocycles. The molecule has 1 N–H and O–H groups in total. The molecule has 0 saturated carbocycles. The lowest BCUT2D eigenvalue weighted by atomic mass is 10.0. The molecule has 3 rings (SSSR count). The van der Waals surface area contributed by atoms with Gasteiger partial charge < -0.3 is 10.1 Å². The second-order valence-electron chi connectivity index (χ2n) is 4.41. The van der Waals surface area contributed by atoms with Gasteiger partial charge in [-0.1, -0.05) is 15.9 Å². The van der Waals surface area contributed by atoms with Crippen molar-refractivity contribution in [2.75, 3.05) is 18.5 Å². The quantitative estimate of drug-likeness (QED) is 0.922. The number of hydrogen-bond donors (Lipinski definition) is 1. The van der Waals surface area contributed by atoms with E-state index >= 15 is 0 Å². The first-order valence-corrected chi connectivity index (χ1v) is 7.01. The van der Waals surface area contributed by atoms with E-state index in [1.807, 2.05) is 6.07 Å². The van der Waals surface area contributed by atoms with E-state index in [1.165, 1.54) is 16.9 Å². The monoisotopic (exact) mass is 306 g/mol. The molecule has 1 aromatic carbocycles. The normalized spacial score (nSPS) is 14.6.